The molecule has 1 heterocycles. The number of alkyl halides is 3. The molecular weight excluding hydrogens is 347 g/mol. The lowest BCUT2D eigenvalue weighted by Crippen LogP contribution is -2.30. The van der Waals surface area contributed by atoms with Gasteiger partial charge >= 0.3 is 12.2 Å². The number of hydrogen-bond donors (Lipinski definition) is 1. The van der Waals surface area contributed by atoms with E-state index in [1.807, 2.05) is 30.5 Å². The molecule has 0 aliphatic carbocycles. The zero-order valence-electron chi connectivity index (χ0n) is 12.3. The molecule has 124 valence electrons. The van der Waals surface area contributed by atoms with Crippen molar-refractivity contribution in [3.63, 3.8) is 0 Å². The number of thioether (sulfide) groups is 1. The first kappa shape index (κ1) is 17.6. The SMILES string of the molecule is CSc1ccc(CN(C)C(=O)Nc2nc(C(F)(F)F)cs2)cc1. The number of thiazole rings is 1. The Labute approximate surface area is 139 Å². The normalized spacial score (nSPS) is 11.3. The molecule has 2 rings (SSSR count). The van der Waals surface area contributed by atoms with E-state index < -0.39 is 17.9 Å². The number of nitrogens with one attached hydrogen (secondary N) is 1. The Bertz CT molecular complexity index is 671. The zero-order chi connectivity index (χ0) is 17.0. The maximum atomic E-state index is 12.5. The van der Waals surface area contributed by atoms with E-state index in [4.69, 9.17) is 0 Å². The average Bonchev–Trinajstić information content (AvgIpc) is 2.96. The largest absolute Gasteiger partial charge is 0.434 e. The van der Waals surface area contributed by atoms with Gasteiger partial charge in [-0.1, -0.05) is 12.1 Å². The lowest BCUT2D eigenvalue weighted by Gasteiger charge is -2.17. The van der Waals surface area contributed by atoms with Crippen molar-refractivity contribution in [1.82, 2.24) is 9.88 Å². The monoisotopic (exact) mass is 361 g/mol. The van der Waals surface area contributed by atoms with Gasteiger partial charge in [-0.2, -0.15) is 13.2 Å². The molecule has 1 N–H and O–H groups in total. The highest BCUT2D eigenvalue weighted by molar-refractivity contribution is 7.98. The van der Waals surface area contributed by atoms with Gasteiger partial charge in [0.05, 0.1) is 0 Å². The predicted octanol–water partition coefficient (Wildman–Crippen LogP) is 4.55. The van der Waals surface area contributed by atoms with E-state index in [1.165, 1.54) is 4.90 Å². The van der Waals surface area contributed by atoms with Gasteiger partial charge in [-0.15, -0.1) is 23.1 Å². The van der Waals surface area contributed by atoms with Gasteiger partial charge in [0.25, 0.3) is 0 Å². The second-order valence-corrected chi connectivity index (χ2v) is 6.41. The highest BCUT2D eigenvalue weighted by Crippen LogP contribution is 2.31. The molecule has 1 aromatic carbocycles. The van der Waals surface area contributed by atoms with Gasteiger partial charge in [0.2, 0.25) is 0 Å². The average molecular weight is 361 g/mol. The molecule has 0 saturated carbocycles. The van der Waals surface area contributed by atoms with Gasteiger partial charge in [0, 0.05) is 23.9 Å². The van der Waals surface area contributed by atoms with E-state index in [-0.39, 0.29) is 5.13 Å². The van der Waals surface area contributed by atoms with Crippen LogP contribution in [0.25, 0.3) is 0 Å². The van der Waals surface area contributed by atoms with Crippen LogP contribution in [-0.4, -0.2) is 29.2 Å². The van der Waals surface area contributed by atoms with Crippen LogP contribution in [-0.2, 0) is 12.7 Å². The van der Waals surface area contributed by atoms with Crippen LogP contribution in [0.4, 0.5) is 23.1 Å². The number of hydrogen-bond acceptors (Lipinski definition) is 4. The number of nitrogens with zero attached hydrogens (tertiary/aromatic N) is 2. The van der Waals surface area contributed by atoms with Gasteiger partial charge in [-0.25, -0.2) is 9.78 Å². The van der Waals surface area contributed by atoms with Crippen LogP contribution in [0, 0.1) is 0 Å². The molecule has 0 fully saturated rings. The van der Waals surface area contributed by atoms with Gasteiger partial charge in [-0.05, 0) is 24.0 Å². The molecule has 23 heavy (non-hydrogen) atoms. The fraction of sp³-hybridized carbons (Fsp3) is 0.286. The molecule has 9 heteroatoms. The molecular formula is C14H14F3N3OS2. The number of amides is 2. The Morgan fingerprint density at radius 3 is 2.52 bits per heavy atom. The summed E-state index contributed by atoms with van der Waals surface area (Å²) in [6, 6.07) is 7.19. The highest BCUT2D eigenvalue weighted by atomic mass is 32.2. The van der Waals surface area contributed by atoms with E-state index >= 15 is 0 Å². The van der Waals surface area contributed by atoms with Crippen LogP contribution < -0.4 is 5.32 Å². The standard InChI is InChI=1S/C14H14F3N3OS2/c1-20(7-9-3-5-10(22-2)6-4-9)13(21)19-12-18-11(8-23-12)14(15,16)17/h3-6,8H,7H2,1-2H3,(H,18,19,21). The number of carbonyl (C=O) groups is 1. The van der Waals surface area contributed by atoms with Crippen LogP contribution >= 0.6 is 23.1 Å². The van der Waals surface area contributed by atoms with Crippen LogP contribution in [0.3, 0.4) is 0 Å². The van der Waals surface area contributed by atoms with Gasteiger partial charge < -0.3 is 4.90 Å². The molecule has 0 radical (unpaired) electrons. The minimum absolute atomic E-state index is 0.0769. The lowest BCUT2D eigenvalue weighted by atomic mass is 10.2. The molecule has 1 aromatic heterocycles. The van der Waals surface area contributed by atoms with Crippen LogP contribution in [0.2, 0.25) is 0 Å². The Morgan fingerprint density at radius 1 is 1.35 bits per heavy atom. The van der Waals surface area contributed by atoms with Crippen molar-refractivity contribution < 1.29 is 18.0 Å². The topological polar surface area (TPSA) is 45.2 Å². The Balaban J connectivity index is 1.95. The van der Waals surface area contributed by atoms with Crippen molar-refractivity contribution in [2.24, 2.45) is 0 Å². The maximum absolute atomic E-state index is 12.5. The molecule has 0 spiro atoms. The van der Waals surface area contributed by atoms with Gasteiger partial charge in [0.15, 0.2) is 10.8 Å². The number of urea groups is 1. The second kappa shape index (κ2) is 7.22. The van der Waals surface area contributed by atoms with Gasteiger partial charge in [-0.3, -0.25) is 5.32 Å². The summed E-state index contributed by atoms with van der Waals surface area (Å²) in [4.78, 5) is 17.9. The van der Waals surface area contributed by atoms with Crippen molar-refractivity contribution in [2.75, 3.05) is 18.6 Å². The molecule has 0 aliphatic rings. The predicted molar refractivity (Wildman–Crippen MR) is 85.8 cm³/mol. The van der Waals surface area contributed by atoms with Crippen molar-refractivity contribution >= 4 is 34.3 Å². The second-order valence-electron chi connectivity index (χ2n) is 4.67. The number of anilines is 1. The van der Waals surface area contributed by atoms with Crippen molar-refractivity contribution in [2.45, 2.75) is 17.6 Å². The summed E-state index contributed by atoms with van der Waals surface area (Å²) in [7, 11) is 1.57. The third kappa shape index (κ3) is 4.87. The van der Waals surface area contributed by atoms with Crippen molar-refractivity contribution in [3.05, 3.63) is 40.9 Å². The summed E-state index contributed by atoms with van der Waals surface area (Å²) < 4.78 is 37.4. The molecule has 0 atom stereocenters. The molecule has 4 nitrogen and oxygen atoms in total. The fourth-order valence-electron chi connectivity index (χ4n) is 1.72. The maximum Gasteiger partial charge on any atom is 0.434 e. The number of benzene rings is 1. The van der Waals surface area contributed by atoms with E-state index in [1.54, 1.807) is 18.8 Å². The number of carbonyl (C=O) groups excluding carboxylic acids is 1. The third-order valence-corrected chi connectivity index (χ3v) is 4.44. The van der Waals surface area contributed by atoms with E-state index in [0.717, 1.165) is 27.2 Å². The van der Waals surface area contributed by atoms with Crippen molar-refractivity contribution in [3.8, 4) is 0 Å². The van der Waals surface area contributed by atoms with E-state index in [0.29, 0.717) is 6.54 Å². The summed E-state index contributed by atoms with van der Waals surface area (Å²) in [5.41, 5.74) is -0.0799. The third-order valence-electron chi connectivity index (χ3n) is 2.93. The van der Waals surface area contributed by atoms with Gasteiger partial charge in [0.1, 0.15) is 0 Å². The number of aromatic nitrogens is 1. The molecule has 0 saturated heterocycles. The number of halogens is 3. The smallest absolute Gasteiger partial charge is 0.323 e. The zero-order valence-corrected chi connectivity index (χ0v) is 14.0. The number of rotatable bonds is 4. The van der Waals surface area contributed by atoms with Crippen LogP contribution in [0.1, 0.15) is 11.3 Å². The molecule has 2 amide bonds. The van der Waals surface area contributed by atoms with E-state index in [2.05, 4.69) is 10.3 Å². The first-order valence-corrected chi connectivity index (χ1v) is 8.58. The quantitative estimate of drug-likeness (QED) is 0.813. The molecule has 2 aromatic rings. The summed E-state index contributed by atoms with van der Waals surface area (Å²) >= 11 is 2.36. The van der Waals surface area contributed by atoms with E-state index in [9.17, 15) is 18.0 Å². The molecule has 0 aliphatic heterocycles. The first-order valence-electron chi connectivity index (χ1n) is 6.47. The first-order chi connectivity index (χ1) is 10.8. The van der Waals surface area contributed by atoms with Crippen LogP contribution in [0.15, 0.2) is 34.5 Å². The summed E-state index contributed by atoms with van der Waals surface area (Å²) in [5, 5.41) is 3.16. The van der Waals surface area contributed by atoms with Crippen LogP contribution in [0.5, 0.6) is 0 Å². The summed E-state index contributed by atoms with van der Waals surface area (Å²) in [6.45, 7) is 0.345. The fourth-order valence-corrected chi connectivity index (χ4v) is 2.84. The van der Waals surface area contributed by atoms with Crippen molar-refractivity contribution in [1.29, 1.82) is 0 Å². The lowest BCUT2D eigenvalue weighted by molar-refractivity contribution is -0.140. The summed E-state index contributed by atoms with van der Waals surface area (Å²) in [5.74, 6) is 0. The minimum Gasteiger partial charge on any atom is -0.323 e. The Kier molecular flexibility index (Phi) is 5.53. The molecule has 0 bridgehead atoms. The highest BCUT2D eigenvalue weighted by Gasteiger charge is 2.34. The minimum atomic E-state index is -4.51. The molecule has 0 unspecified atom stereocenters. The Morgan fingerprint density at radius 2 is 2.00 bits per heavy atom. The summed E-state index contributed by atoms with van der Waals surface area (Å²) in [6.07, 6.45) is -2.54. The Hall–Kier alpha value is -1.74.